The van der Waals surface area contributed by atoms with Crippen molar-refractivity contribution >= 4 is 11.8 Å². The van der Waals surface area contributed by atoms with Gasteiger partial charge in [-0.05, 0) is 25.7 Å². The monoisotopic (exact) mass is 245 g/mol. The third kappa shape index (κ3) is 6.12. The molecule has 16 heavy (non-hydrogen) atoms. The van der Waals surface area contributed by atoms with Crippen LogP contribution in [-0.2, 0) is 4.74 Å². The number of methoxy groups -OCH3 is 1. The van der Waals surface area contributed by atoms with Gasteiger partial charge in [0.1, 0.15) is 0 Å². The van der Waals surface area contributed by atoms with Gasteiger partial charge >= 0.3 is 0 Å². The van der Waals surface area contributed by atoms with Gasteiger partial charge in [0.05, 0.1) is 6.61 Å². The Balaban J connectivity index is 1.98. The first-order chi connectivity index (χ1) is 7.72. The summed E-state index contributed by atoms with van der Waals surface area (Å²) in [4.78, 5) is 0. The van der Waals surface area contributed by atoms with Gasteiger partial charge in [-0.15, -0.1) is 0 Å². The fraction of sp³-hybridized carbons (Fsp3) is 1.00. The van der Waals surface area contributed by atoms with E-state index in [1.165, 1.54) is 31.4 Å². The van der Waals surface area contributed by atoms with Crippen molar-refractivity contribution in [1.29, 1.82) is 0 Å². The molecule has 3 atom stereocenters. The molecule has 0 aromatic carbocycles. The lowest BCUT2D eigenvalue weighted by Gasteiger charge is -2.26. The molecule has 1 aliphatic carbocycles. The maximum atomic E-state index is 5.10. The van der Waals surface area contributed by atoms with E-state index in [0.717, 1.165) is 24.3 Å². The first-order valence-electron chi connectivity index (χ1n) is 6.56. The zero-order valence-corrected chi connectivity index (χ0v) is 11.8. The molecule has 0 saturated heterocycles. The van der Waals surface area contributed by atoms with E-state index in [9.17, 15) is 0 Å². The van der Waals surface area contributed by atoms with Crippen LogP contribution in [0.2, 0.25) is 0 Å². The maximum absolute atomic E-state index is 5.10. The second kappa shape index (κ2) is 8.37. The molecule has 1 rings (SSSR count). The van der Waals surface area contributed by atoms with Crippen molar-refractivity contribution in [3.63, 3.8) is 0 Å². The number of hydrogen-bond acceptors (Lipinski definition) is 3. The van der Waals surface area contributed by atoms with Gasteiger partial charge in [-0.25, -0.2) is 0 Å². The van der Waals surface area contributed by atoms with Crippen LogP contribution >= 0.6 is 11.8 Å². The van der Waals surface area contributed by atoms with Crippen LogP contribution in [0.5, 0.6) is 0 Å². The average Bonchev–Trinajstić information content (AvgIpc) is 2.25. The van der Waals surface area contributed by atoms with Crippen LogP contribution in [0.25, 0.3) is 0 Å². The minimum absolute atomic E-state index is 0.482. The maximum Gasteiger partial charge on any atom is 0.0613 e. The molecule has 0 bridgehead atoms. The molecule has 0 aliphatic heterocycles. The summed E-state index contributed by atoms with van der Waals surface area (Å²) >= 11 is 2.16. The third-order valence-corrected chi connectivity index (χ3v) is 4.59. The lowest BCUT2D eigenvalue weighted by atomic mass is 9.91. The second-order valence-corrected chi connectivity index (χ2v) is 6.48. The fourth-order valence-electron chi connectivity index (χ4n) is 2.37. The van der Waals surface area contributed by atoms with Crippen LogP contribution in [0.15, 0.2) is 0 Å². The molecular weight excluding hydrogens is 218 g/mol. The topological polar surface area (TPSA) is 21.3 Å². The molecule has 0 spiro atoms. The van der Waals surface area contributed by atoms with Crippen molar-refractivity contribution in [2.24, 2.45) is 5.92 Å². The zero-order valence-electron chi connectivity index (χ0n) is 11.0. The quantitative estimate of drug-likeness (QED) is 0.697. The summed E-state index contributed by atoms with van der Waals surface area (Å²) in [6, 6.07) is 0.482. The molecule has 0 radical (unpaired) electrons. The summed E-state index contributed by atoms with van der Waals surface area (Å²) in [6.45, 7) is 6.49. The highest BCUT2D eigenvalue weighted by molar-refractivity contribution is 7.99. The minimum atomic E-state index is 0.482. The normalized spacial score (nSPS) is 27.9. The first-order valence-corrected chi connectivity index (χ1v) is 7.61. The third-order valence-electron chi connectivity index (χ3n) is 3.25. The number of nitrogens with one attached hydrogen (secondary N) is 1. The van der Waals surface area contributed by atoms with Crippen molar-refractivity contribution in [1.82, 2.24) is 5.32 Å². The standard InChI is InChI=1S/C13H27NOS/c1-11-5-4-6-13(9-11)16-8-7-14-12(2)10-15-3/h11-14H,4-10H2,1-3H3. The molecule has 96 valence electrons. The summed E-state index contributed by atoms with van der Waals surface area (Å²) in [6.07, 6.45) is 5.74. The summed E-state index contributed by atoms with van der Waals surface area (Å²) in [5, 5.41) is 4.41. The van der Waals surface area contributed by atoms with Crippen LogP contribution in [-0.4, -0.2) is 37.3 Å². The SMILES string of the molecule is COCC(C)NCCSC1CCCC(C)C1. The fourth-order valence-corrected chi connectivity index (χ4v) is 3.74. The molecule has 1 fully saturated rings. The molecule has 0 heterocycles. The molecule has 1 saturated carbocycles. The molecule has 3 unspecified atom stereocenters. The van der Waals surface area contributed by atoms with E-state index in [1.807, 2.05) is 0 Å². The summed E-state index contributed by atoms with van der Waals surface area (Å²) in [5.41, 5.74) is 0. The van der Waals surface area contributed by atoms with E-state index in [0.29, 0.717) is 6.04 Å². The minimum Gasteiger partial charge on any atom is -0.383 e. The van der Waals surface area contributed by atoms with E-state index in [2.05, 4.69) is 30.9 Å². The summed E-state index contributed by atoms with van der Waals surface area (Å²) in [7, 11) is 1.76. The van der Waals surface area contributed by atoms with Gasteiger partial charge < -0.3 is 10.1 Å². The Morgan fingerprint density at radius 3 is 2.94 bits per heavy atom. The van der Waals surface area contributed by atoms with Crippen LogP contribution in [0.3, 0.4) is 0 Å². The highest BCUT2D eigenvalue weighted by Gasteiger charge is 2.18. The zero-order chi connectivity index (χ0) is 11.8. The summed E-state index contributed by atoms with van der Waals surface area (Å²) in [5.74, 6) is 2.19. The molecule has 0 aromatic heterocycles. The molecule has 1 N–H and O–H groups in total. The van der Waals surface area contributed by atoms with Crippen LogP contribution in [0, 0.1) is 5.92 Å². The van der Waals surface area contributed by atoms with Gasteiger partial charge in [-0.1, -0.05) is 19.8 Å². The van der Waals surface area contributed by atoms with E-state index in [1.54, 1.807) is 7.11 Å². The number of rotatable bonds is 7. The second-order valence-electron chi connectivity index (χ2n) is 5.08. The first kappa shape index (κ1) is 14.3. The highest BCUT2D eigenvalue weighted by atomic mass is 32.2. The molecule has 0 amide bonds. The van der Waals surface area contributed by atoms with E-state index in [-0.39, 0.29) is 0 Å². The predicted octanol–water partition coefficient (Wildman–Crippen LogP) is 2.92. The van der Waals surface area contributed by atoms with Gasteiger partial charge in [0.15, 0.2) is 0 Å². The Labute approximate surface area is 105 Å². The van der Waals surface area contributed by atoms with Crippen molar-refractivity contribution < 1.29 is 4.74 Å². The van der Waals surface area contributed by atoms with Crippen molar-refractivity contribution in [2.75, 3.05) is 26.0 Å². The Morgan fingerprint density at radius 2 is 2.25 bits per heavy atom. The number of hydrogen-bond donors (Lipinski definition) is 1. The average molecular weight is 245 g/mol. The molecular formula is C13H27NOS. The van der Waals surface area contributed by atoms with Crippen LogP contribution in [0.4, 0.5) is 0 Å². The van der Waals surface area contributed by atoms with Crippen molar-refractivity contribution in [2.45, 2.75) is 50.8 Å². The summed E-state index contributed by atoms with van der Waals surface area (Å²) < 4.78 is 5.10. The Hall–Kier alpha value is 0.270. The van der Waals surface area contributed by atoms with E-state index in [4.69, 9.17) is 4.74 Å². The van der Waals surface area contributed by atoms with Gasteiger partial charge in [0.2, 0.25) is 0 Å². The largest absolute Gasteiger partial charge is 0.383 e. The highest BCUT2D eigenvalue weighted by Crippen LogP contribution is 2.31. The van der Waals surface area contributed by atoms with E-state index < -0.39 is 0 Å². The predicted molar refractivity (Wildman–Crippen MR) is 73.2 cm³/mol. The molecule has 0 aromatic rings. The van der Waals surface area contributed by atoms with Gasteiger partial charge in [0.25, 0.3) is 0 Å². The van der Waals surface area contributed by atoms with Crippen LogP contribution < -0.4 is 5.32 Å². The van der Waals surface area contributed by atoms with Crippen molar-refractivity contribution in [3.8, 4) is 0 Å². The Morgan fingerprint density at radius 1 is 1.44 bits per heavy atom. The number of ether oxygens (including phenoxy) is 1. The molecule has 2 nitrogen and oxygen atoms in total. The molecule has 3 heteroatoms. The number of thioether (sulfide) groups is 1. The Kier molecular flexibility index (Phi) is 7.50. The lowest BCUT2D eigenvalue weighted by molar-refractivity contribution is 0.173. The van der Waals surface area contributed by atoms with Gasteiger partial charge in [0, 0.05) is 30.7 Å². The van der Waals surface area contributed by atoms with E-state index >= 15 is 0 Å². The lowest BCUT2D eigenvalue weighted by Crippen LogP contribution is -2.32. The van der Waals surface area contributed by atoms with Crippen molar-refractivity contribution in [3.05, 3.63) is 0 Å². The van der Waals surface area contributed by atoms with Gasteiger partial charge in [-0.3, -0.25) is 0 Å². The van der Waals surface area contributed by atoms with Gasteiger partial charge in [-0.2, -0.15) is 11.8 Å². The van der Waals surface area contributed by atoms with Crippen LogP contribution in [0.1, 0.15) is 39.5 Å². The Bertz CT molecular complexity index is 177. The molecule has 1 aliphatic rings. The smallest absolute Gasteiger partial charge is 0.0613 e.